The molecule has 0 bridgehead atoms. The van der Waals surface area contributed by atoms with Gasteiger partial charge in [-0.25, -0.2) is 0 Å². The number of fused-ring (bicyclic) bond motifs is 2. The second-order valence-corrected chi connectivity index (χ2v) is 10.4. The standard InChI is InChI=1S/C17H12N.C5H5.2ClH.Zr/c1-3-7-15-13(5-1)9-10-17(15)18-12-11-14-6-2-4-8-16(14)18;1-2-4-5-3-1;;;/h1-12H;1-3H,4H2;2*1H;/q;;;;+2/p-2. The molecule has 128 valence electrons. The van der Waals surface area contributed by atoms with Crippen LogP contribution in [0.5, 0.6) is 0 Å². The van der Waals surface area contributed by atoms with E-state index < -0.39 is 23.2 Å². The minimum atomic E-state index is -0.882. The topological polar surface area (TPSA) is 4.93 Å². The Morgan fingerprint density at radius 2 is 1.73 bits per heavy atom. The van der Waals surface area contributed by atoms with E-state index in [1.165, 1.54) is 22.0 Å². The zero-order valence-electron chi connectivity index (χ0n) is 14.1. The molecule has 2 aliphatic rings. The summed E-state index contributed by atoms with van der Waals surface area (Å²) in [6.07, 6.45) is 15.1. The predicted octanol–water partition coefficient (Wildman–Crippen LogP) is -0.696. The van der Waals surface area contributed by atoms with Crippen LogP contribution in [0.3, 0.4) is 0 Å². The molecule has 0 saturated carbocycles. The maximum Gasteiger partial charge on any atom is -1.00 e. The van der Waals surface area contributed by atoms with Gasteiger partial charge in [0.15, 0.2) is 0 Å². The van der Waals surface area contributed by atoms with Crippen LogP contribution in [-0.2, 0) is 26.5 Å². The van der Waals surface area contributed by atoms with Crippen LogP contribution in [0.2, 0.25) is 0 Å². The van der Waals surface area contributed by atoms with E-state index in [1.54, 1.807) is 3.28 Å². The molecule has 0 saturated heterocycles. The first-order valence-electron chi connectivity index (χ1n) is 8.36. The number of nitrogens with zero attached hydrogens (tertiary/aromatic N) is 1. The summed E-state index contributed by atoms with van der Waals surface area (Å²) in [6.45, 7) is 0. The number of aromatic nitrogens is 1. The fourth-order valence-corrected chi connectivity index (χ4v) is 8.11. The second-order valence-electron chi connectivity index (χ2n) is 6.38. The van der Waals surface area contributed by atoms with E-state index in [4.69, 9.17) is 0 Å². The fourth-order valence-electron chi connectivity index (χ4n) is 3.84. The molecule has 1 nitrogen and oxygen atoms in total. The molecular weight excluding hydrogens is 440 g/mol. The van der Waals surface area contributed by atoms with Gasteiger partial charge in [-0.15, -0.1) is 0 Å². The average molecular weight is 458 g/mol. The maximum atomic E-state index is 2.54. The van der Waals surface area contributed by atoms with Gasteiger partial charge < -0.3 is 24.8 Å². The summed E-state index contributed by atoms with van der Waals surface area (Å²) in [5.41, 5.74) is 4.19. The van der Waals surface area contributed by atoms with Crippen molar-refractivity contribution in [3.8, 4) is 0 Å². The van der Waals surface area contributed by atoms with Crippen LogP contribution >= 0.6 is 0 Å². The molecule has 0 N–H and O–H groups in total. The van der Waals surface area contributed by atoms with Gasteiger partial charge in [0, 0.05) is 0 Å². The van der Waals surface area contributed by atoms with Crippen LogP contribution in [-0.4, -0.2) is 4.57 Å². The zero-order chi connectivity index (χ0) is 16.0. The number of benzene rings is 2. The molecule has 0 fully saturated rings. The van der Waals surface area contributed by atoms with Gasteiger partial charge in [-0.05, 0) is 0 Å². The van der Waals surface area contributed by atoms with Crippen molar-refractivity contribution in [2.45, 2.75) is 9.67 Å². The van der Waals surface area contributed by atoms with Crippen LogP contribution < -0.4 is 24.8 Å². The van der Waals surface area contributed by atoms with E-state index in [9.17, 15) is 0 Å². The van der Waals surface area contributed by atoms with E-state index in [0.29, 0.717) is 0 Å². The van der Waals surface area contributed by atoms with Gasteiger partial charge in [0.05, 0.1) is 0 Å². The minimum absolute atomic E-state index is 0. The van der Waals surface area contributed by atoms with Gasteiger partial charge in [0.25, 0.3) is 0 Å². The number of hydrogen-bond donors (Lipinski definition) is 0. The summed E-state index contributed by atoms with van der Waals surface area (Å²) in [6, 6.07) is 19.9. The predicted molar refractivity (Wildman–Crippen MR) is 96.3 cm³/mol. The van der Waals surface area contributed by atoms with Crippen LogP contribution in [0.1, 0.15) is 17.5 Å². The molecule has 3 aromatic rings. The Balaban J connectivity index is 0.000000980. The van der Waals surface area contributed by atoms with Crippen LogP contribution in [0.4, 0.5) is 0 Å². The Labute approximate surface area is 177 Å². The maximum absolute atomic E-state index is 2.54. The summed E-state index contributed by atoms with van der Waals surface area (Å²) >= 11 is -0.882. The summed E-state index contributed by atoms with van der Waals surface area (Å²) in [7, 11) is 0. The monoisotopic (exact) mass is 455 g/mol. The molecule has 1 heterocycles. The smallest absolute Gasteiger partial charge is 1.00 e. The molecule has 1 atom stereocenters. The molecule has 0 radical (unpaired) electrons. The SMILES string of the molecule is C1=CC[C]([Zr+2][C]2(n3ccc4ccccc43)C=Cc3ccccc32)=C1.[Cl-].[Cl-]. The molecule has 2 aliphatic carbocycles. The first kappa shape index (κ1) is 19.4. The van der Waals surface area contributed by atoms with Crippen LogP contribution in [0.25, 0.3) is 17.0 Å². The first-order chi connectivity index (χ1) is 11.9. The summed E-state index contributed by atoms with van der Waals surface area (Å²) in [4.78, 5) is 0. The number of rotatable bonds is 3. The number of halogens is 2. The Hall–Kier alpha value is -1.34. The molecule has 4 heteroatoms. The molecule has 5 rings (SSSR count). The molecule has 1 unspecified atom stereocenters. The summed E-state index contributed by atoms with van der Waals surface area (Å²) in [5, 5.41) is 1.33. The molecule has 26 heavy (non-hydrogen) atoms. The molecule has 0 aliphatic heterocycles. The molecule has 1 aromatic heterocycles. The molecular formula is C22H17Cl2NZr. The Morgan fingerprint density at radius 1 is 0.923 bits per heavy atom. The van der Waals surface area contributed by atoms with Crippen LogP contribution in [0.15, 0.2) is 88.4 Å². The Kier molecular flexibility index (Phi) is 5.77. The molecule has 0 amide bonds. The van der Waals surface area contributed by atoms with E-state index in [0.717, 1.165) is 6.42 Å². The van der Waals surface area contributed by atoms with E-state index in [-0.39, 0.29) is 28.1 Å². The van der Waals surface area contributed by atoms with Gasteiger partial charge >= 0.3 is 154 Å². The van der Waals surface area contributed by atoms with E-state index in [1.807, 2.05) is 0 Å². The normalized spacial score (nSPS) is 19.5. The third-order valence-electron chi connectivity index (χ3n) is 4.98. The van der Waals surface area contributed by atoms with Crippen molar-refractivity contribution in [2.75, 3.05) is 0 Å². The largest absolute Gasteiger partial charge is 1.00 e. The number of para-hydroxylation sites is 1. The van der Waals surface area contributed by atoms with Crippen molar-refractivity contribution in [1.29, 1.82) is 0 Å². The van der Waals surface area contributed by atoms with Gasteiger partial charge in [-0.1, -0.05) is 0 Å². The van der Waals surface area contributed by atoms with E-state index in [2.05, 4.69) is 95.7 Å². The Bertz CT molecular complexity index is 1030. The van der Waals surface area contributed by atoms with Crippen molar-refractivity contribution in [3.05, 3.63) is 99.5 Å². The molecule has 2 aromatic carbocycles. The first-order valence-corrected chi connectivity index (χ1v) is 10.8. The van der Waals surface area contributed by atoms with E-state index >= 15 is 0 Å². The summed E-state index contributed by atoms with van der Waals surface area (Å²) < 4.78 is 4.24. The van der Waals surface area contributed by atoms with Crippen molar-refractivity contribution < 1.29 is 48.0 Å². The third kappa shape index (κ3) is 2.99. The fraction of sp³-hybridized carbons (Fsp3) is 0.0909. The number of allylic oxidation sites excluding steroid dienone is 5. The van der Waals surface area contributed by atoms with Gasteiger partial charge in [-0.2, -0.15) is 0 Å². The van der Waals surface area contributed by atoms with Gasteiger partial charge in [0.2, 0.25) is 0 Å². The van der Waals surface area contributed by atoms with Crippen LogP contribution in [0, 0.1) is 0 Å². The van der Waals surface area contributed by atoms with Crippen molar-refractivity contribution in [1.82, 2.24) is 4.57 Å². The van der Waals surface area contributed by atoms with Crippen molar-refractivity contribution in [3.63, 3.8) is 0 Å². The van der Waals surface area contributed by atoms with Gasteiger partial charge in [0.1, 0.15) is 0 Å². The Morgan fingerprint density at radius 3 is 2.58 bits per heavy atom. The summed E-state index contributed by atoms with van der Waals surface area (Å²) in [5.74, 6) is 0. The minimum Gasteiger partial charge on any atom is -1.00 e. The second kappa shape index (κ2) is 7.73. The quantitative estimate of drug-likeness (QED) is 0.491. The zero-order valence-corrected chi connectivity index (χ0v) is 18.0. The third-order valence-corrected chi connectivity index (χ3v) is 9.28. The number of hydrogen-bond acceptors (Lipinski definition) is 0. The van der Waals surface area contributed by atoms with Crippen molar-refractivity contribution >= 4 is 17.0 Å². The molecule has 0 spiro atoms. The average Bonchev–Trinajstić information content (AvgIpc) is 3.35. The van der Waals surface area contributed by atoms with Gasteiger partial charge in [-0.3, -0.25) is 0 Å². The van der Waals surface area contributed by atoms with Crippen molar-refractivity contribution in [2.24, 2.45) is 0 Å².